The van der Waals surface area contributed by atoms with Crippen molar-refractivity contribution >= 4 is 18.0 Å². The van der Waals surface area contributed by atoms with Crippen LogP contribution in [0.3, 0.4) is 0 Å². The molecule has 0 saturated heterocycles. The van der Waals surface area contributed by atoms with Crippen molar-refractivity contribution in [3.63, 3.8) is 0 Å². The molecule has 0 aliphatic carbocycles. The predicted octanol–water partition coefficient (Wildman–Crippen LogP) is 2.13. The number of nitrogens with one attached hydrogen (secondary N) is 2. The van der Waals surface area contributed by atoms with Crippen molar-refractivity contribution < 1.29 is 23.8 Å². The smallest absolute Gasteiger partial charge is 0.277 e. The molecule has 2 amide bonds. The second kappa shape index (κ2) is 11.3. The summed E-state index contributed by atoms with van der Waals surface area (Å²) in [4.78, 5) is 23.4. The Morgan fingerprint density at radius 1 is 0.966 bits per heavy atom. The molecule has 0 aliphatic rings. The van der Waals surface area contributed by atoms with Crippen LogP contribution in [0.5, 0.6) is 17.2 Å². The highest BCUT2D eigenvalue weighted by Gasteiger charge is 2.06. The van der Waals surface area contributed by atoms with Gasteiger partial charge in [-0.15, -0.1) is 0 Å². The molecule has 0 fully saturated rings. The molecule has 0 radical (unpaired) electrons. The molecule has 2 aromatic carbocycles. The summed E-state index contributed by atoms with van der Waals surface area (Å²) in [5.41, 5.74) is 3.15. The molecule has 0 bridgehead atoms. The standard InChI is InChI=1S/C21H25N3O5/c1-15(2)23-20(25)13-28-17-10-8-16(9-11-17)12-22-24-21(26)14-29-19-7-5-4-6-18(19)27-3/h4-12,15H,13-14H2,1-3H3,(H,23,25)(H,24,26)/b22-12-. The Bertz CT molecular complexity index is 834. The Morgan fingerprint density at radius 3 is 2.28 bits per heavy atom. The molecule has 29 heavy (non-hydrogen) atoms. The summed E-state index contributed by atoms with van der Waals surface area (Å²) in [6.07, 6.45) is 1.50. The quantitative estimate of drug-likeness (QED) is 0.471. The van der Waals surface area contributed by atoms with Gasteiger partial charge in [0.1, 0.15) is 5.75 Å². The number of hydrogen-bond donors (Lipinski definition) is 2. The summed E-state index contributed by atoms with van der Waals surface area (Å²) in [5.74, 6) is 1.02. The number of para-hydroxylation sites is 2. The van der Waals surface area contributed by atoms with Gasteiger partial charge in [0.25, 0.3) is 11.8 Å². The zero-order valence-corrected chi connectivity index (χ0v) is 16.7. The number of hydrogen-bond acceptors (Lipinski definition) is 6. The van der Waals surface area contributed by atoms with E-state index < -0.39 is 5.91 Å². The van der Waals surface area contributed by atoms with Crippen LogP contribution in [-0.4, -0.2) is 44.4 Å². The fraction of sp³-hybridized carbons (Fsp3) is 0.286. The van der Waals surface area contributed by atoms with Crippen molar-refractivity contribution in [1.29, 1.82) is 0 Å². The monoisotopic (exact) mass is 399 g/mol. The van der Waals surface area contributed by atoms with E-state index in [0.29, 0.717) is 17.2 Å². The third-order valence-electron chi connectivity index (χ3n) is 3.53. The van der Waals surface area contributed by atoms with Crippen LogP contribution in [0, 0.1) is 0 Å². The summed E-state index contributed by atoms with van der Waals surface area (Å²) >= 11 is 0. The second-order valence-corrected chi connectivity index (χ2v) is 6.31. The lowest BCUT2D eigenvalue weighted by Gasteiger charge is -2.09. The van der Waals surface area contributed by atoms with Crippen LogP contribution in [-0.2, 0) is 9.59 Å². The molecule has 0 heterocycles. The molecule has 0 saturated carbocycles. The van der Waals surface area contributed by atoms with Crippen LogP contribution in [0.25, 0.3) is 0 Å². The Balaban J connectivity index is 1.75. The number of nitrogens with zero attached hydrogens (tertiary/aromatic N) is 1. The maximum Gasteiger partial charge on any atom is 0.277 e. The maximum absolute atomic E-state index is 11.8. The number of rotatable bonds is 10. The number of hydrazone groups is 1. The fourth-order valence-corrected chi connectivity index (χ4v) is 2.26. The zero-order valence-electron chi connectivity index (χ0n) is 16.7. The fourth-order valence-electron chi connectivity index (χ4n) is 2.26. The van der Waals surface area contributed by atoms with Crippen molar-refractivity contribution in [1.82, 2.24) is 10.7 Å². The molecular formula is C21H25N3O5. The lowest BCUT2D eigenvalue weighted by molar-refractivity contribution is -0.124. The number of methoxy groups -OCH3 is 1. The molecule has 8 nitrogen and oxygen atoms in total. The van der Waals surface area contributed by atoms with Crippen LogP contribution < -0.4 is 25.0 Å². The first kappa shape index (κ1) is 21.7. The SMILES string of the molecule is COc1ccccc1OCC(=O)N/N=C\c1ccc(OCC(=O)NC(C)C)cc1. The van der Waals surface area contributed by atoms with Crippen LogP contribution in [0.1, 0.15) is 19.4 Å². The Hall–Kier alpha value is -3.55. The van der Waals surface area contributed by atoms with Gasteiger partial charge in [0, 0.05) is 6.04 Å². The van der Waals surface area contributed by atoms with E-state index in [0.717, 1.165) is 5.56 Å². The number of amides is 2. The van der Waals surface area contributed by atoms with Gasteiger partial charge in [0.05, 0.1) is 13.3 Å². The van der Waals surface area contributed by atoms with E-state index in [9.17, 15) is 9.59 Å². The van der Waals surface area contributed by atoms with Gasteiger partial charge < -0.3 is 19.5 Å². The van der Waals surface area contributed by atoms with E-state index in [-0.39, 0.29) is 25.2 Å². The van der Waals surface area contributed by atoms with Crippen molar-refractivity contribution in [3.8, 4) is 17.2 Å². The molecule has 2 aromatic rings. The number of ether oxygens (including phenoxy) is 3. The molecule has 0 spiro atoms. The number of carbonyl (C=O) groups is 2. The Morgan fingerprint density at radius 2 is 1.62 bits per heavy atom. The number of benzene rings is 2. The minimum atomic E-state index is -0.400. The molecule has 154 valence electrons. The minimum absolute atomic E-state index is 0.0477. The molecule has 2 N–H and O–H groups in total. The highest BCUT2D eigenvalue weighted by molar-refractivity contribution is 5.83. The predicted molar refractivity (Wildman–Crippen MR) is 109 cm³/mol. The molecule has 0 unspecified atom stereocenters. The molecule has 2 rings (SSSR count). The van der Waals surface area contributed by atoms with E-state index in [1.165, 1.54) is 13.3 Å². The van der Waals surface area contributed by atoms with E-state index >= 15 is 0 Å². The largest absolute Gasteiger partial charge is 0.493 e. The second-order valence-electron chi connectivity index (χ2n) is 6.31. The molecule has 0 aliphatic heterocycles. The Labute approximate surface area is 169 Å². The Kier molecular flexibility index (Phi) is 8.50. The first-order chi connectivity index (χ1) is 14.0. The molecular weight excluding hydrogens is 374 g/mol. The lowest BCUT2D eigenvalue weighted by atomic mass is 10.2. The minimum Gasteiger partial charge on any atom is -0.493 e. The van der Waals surface area contributed by atoms with Gasteiger partial charge in [-0.25, -0.2) is 5.43 Å². The van der Waals surface area contributed by atoms with Gasteiger partial charge in [-0.1, -0.05) is 12.1 Å². The first-order valence-electron chi connectivity index (χ1n) is 9.08. The van der Waals surface area contributed by atoms with E-state index in [1.807, 2.05) is 19.9 Å². The van der Waals surface area contributed by atoms with E-state index in [2.05, 4.69) is 15.8 Å². The van der Waals surface area contributed by atoms with Gasteiger partial charge in [0.2, 0.25) is 0 Å². The number of carbonyl (C=O) groups excluding carboxylic acids is 2. The van der Waals surface area contributed by atoms with Crippen LogP contribution >= 0.6 is 0 Å². The van der Waals surface area contributed by atoms with Gasteiger partial charge >= 0.3 is 0 Å². The third kappa shape index (κ3) is 7.92. The summed E-state index contributed by atoms with van der Waals surface area (Å²) < 4.78 is 16.0. The van der Waals surface area contributed by atoms with Gasteiger partial charge in [-0.05, 0) is 55.8 Å². The van der Waals surface area contributed by atoms with Crippen molar-refractivity contribution in [3.05, 3.63) is 54.1 Å². The van der Waals surface area contributed by atoms with E-state index in [1.54, 1.807) is 42.5 Å². The van der Waals surface area contributed by atoms with Crippen molar-refractivity contribution in [2.45, 2.75) is 19.9 Å². The van der Waals surface area contributed by atoms with E-state index in [4.69, 9.17) is 14.2 Å². The first-order valence-corrected chi connectivity index (χ1v) is 9.08. The topological polar surface area (TPSA) is 98.2 Å². The van der Waals surface area contributed by atoms with Crippen LogP contribution in [0.2, 0.25) is 0 Å². The summed E-state index contributed by atoms with van der Waals surface area (Å²) in [6, 6.07) is 14.1. The highest BCUT2D eigenvalue weighted by atomic mass is 16.5. The third-order valence-corrected chi connectivity index (χ3v) is 3.53. The van der Waals surface area contributed by atoms with Gasteiger partial charge in [-0.3, -0.25) is 9.59 Å². The average Bonchev–Trinajstić information content (AvgIpc) is 2.71. The van der Waals surface area contributed by atoms with Gasteiger partial charge in [-0.2, -0.15) is 5.10 Å². The highest BCUT2D eigenvalue weighted by Crippen LogP contribution is 2.25. The molecule has 0 aromatic heterocycles. The van der Waals surface area contributed by atoms with Gasteiger partial charge in [0.15, 0.2) is 24.7 Å². The maximum atomic E-state index is 11.8. The summed E-state index contributed by atoms with van der Waals surface area (Å²) in [6.45, 7) is 3.53. The lowest BCUT2D eigenvalue weighted by Crippen LogP contribution is -2.34. The summed E-state index contributed by atoms with van der Waals surface area (Å²) in [7, 11) is 1.53. The average molecular weight is 399 g/mol. The van der Waals surface area contributed by atoms with Crippen molar-refractivity contribution in [2.24, 2.45) is 5.10 Å². The zero-order chi connectivity index (χ0) is 21.1. The van der Waals surface area contributed by atoms with Crippen LogP contribution in [0.15, 0.2) is 53.6 Å². The molecule has 8 heteroatoms. The molecule has 0 atom stereocenters. The summed E-state index contributed by atoms with van der Waals surface area (Å²) in [5, 5.41) is 6.64. The van der Waals surface area contributed by atoms with Crippen molar-refractivity contribution in [2.75, 3.05) is 20.3 Å². The normalized spacial score (nSPS) is 10.6. The van der Waals surface area contributed by atoms with Crippen LogP contribution in [0.4, 0.5) is 0 Å².